The number of aliphatic hydroxyl groups excluding tert-OH is 1. The van der Waals surface area contributed by atoms with E-state index in [4.69, 9.17) is 5.11 Å². The molecule has 0 spiro atoms. The second-order valence-electron chi connectivity index (χ2n) is 6.16. The van der Waals surface area contributed by atoms with E-state index in [1.807, 2.05) is 6.92 Å². The Morgan fingerprint density at radius 2 is 1.89 bits per heavy atom. The summed E-state index contributed by atoms with van der Waals surface area (Å²) < 4.78 is 0. The van der Waals surface area contributed by atoms with Crippen LogP contribution >= 0.6 is 0 Å². The fourth-order valence-corrected chi connectivity index (χ4v) is 2.89. The Morgan fingerprint density at radius 1 is 1.28 bits per heavy atom. The van der Waals surface area contributed by atoms with Crippen LogP contribution in [0.5, 0.6) is 0 Å². The van der Waals surface area contributed by atoms with Gasteiger partial charge in [0.15, 0.2) is 0 Å². The highest BCUT2D eigenvalue weighted by atomic mass is 16.3. The van der Waals surface area contributed by atoms with E-state index in [0.29, 0.717) is 12.3 Å². The van der Waals surface area contributed by atoms with Gasteiger partial charge in [0.1, 0.15) is 0 Å². The minimum Gasteiger partial charge on any atom is -0.396 e. The van der Waals surface area contributed by atoms with Crippen LogP contribution in [0.3, 0.4) is 0 Å². The van der Waals surface area contributed by atoms with E-state index in [1.165, 1.54) is 25.7 Å². The van der Waals surface area contributed by atoms with Crippen LogP contribution in [0.2, 0.25) is 0 Å². The molecule has 1 amide bonds. The molecule has 2 N–H and O–H groups in total. The van der Waals surface area contributed by atoms with Gasteiger partial charge in [0.2, 0.25) is 5.91 Å². The van der Waals surface area contributed by atoms with E-state index in [2.05, 4.69) is 19.2 Å². The number of aliphatic hydroxyl groups is 1. The molecule has 0 heterocycles. The van der Waals surface area contributed by atoms with Crippen LogP contribution in [-0.4, -0.2) is 23.7 Å². The summed E-state index contributed by atoms with van der Waals surface area (Å²) >= 11 is 0. The third kappa shape index (κ3) is 4.97. The molecule has 0 aliphatic heterocycles. The Bertz CT molecular complexity index is 247. The molecule has 3 nitrogen and oxygen atoms in total. The molecule has 1 aliphatic rings. The first-order chi connectivity index (χ1) is 8.54. The smallest absolute Gasteiger partial charge is 0.223 e. The maximum absolute atomic E-state index is 12.1. The van der Waals surface area contributed by atoms with E-state index in [1.54, 1.807) is 0 Å². The summed E-state index contributed by atoms with van der Waals surface area (Å²) in [6.45, 7) is 6.34. The summed E-state index contributed by atoms with van der Waals surface area (Å²) in [4.78, 5) is 12.1. The van der Waals surface area contributed by atoms with Crippen molar-refractivity contribution in [2.45, 2.75) is 65.3 Å². The highest BCUT2D eigenvalue weighted by Gasteiger charge is 2.24. The second kappa shape index (κ2) is 7.78. The van der Waals surface area contributed by atoms with Gasteiger partial charge >= 0.3 is 0 Å². The zero-order valence-electron chi connectivity index (χ0n) is 12.1. The molecule has 1 fully saturated rings. The number of nitrogens with one attached hydrogen (secondary N) is 1. The minimum atomic E-state index is 0.105. The number of carbonyl (C=O) groups is 1. The average molecular weight is 255 g/mol. The zero-order valence-corrected chi connectivity index (χ0v) is 12.1. The lowest BCUT2D eigenvalue weighted by atomic mass is 9.93. The normalized spacial score (nSPS) is 20.1. The van der Waals surface area contributed by atoms with Gasteiger partial charge in [0, 0.05) is 18.6 Å². The van der Waals surface area contributed by atoms with Gasteiger partial charge in [0.05, 0.1) is 0 Å². The van der Waals surface area contributed by atoms with Gasteiger partial charge in [-0.15, -0.1) is 0 Å². The summed E-state index contributed by atoms with van der Waals surface area (Å²) in [5.74, 6) is 1.39. The molecule has 1 aliphatic carbocycles. The predicted octanol–water partition coefficient (Wildman–Crippen LogP) is 2.73. The molecule has 18 heavy (non-hydrogen) atoms. The second-order valence-corrected chi connectivity index (χ2v) is 6.16. The predicted molar refractivity (Wildman–Crippen MR) is 74.2 cm³/mol. The summed E-state index contributed by atoms with van der Waals surface area (Å²) in [6, 6.07) is 0.105. The molecule has 0 saturated heterocycles. The Kier molecular flexibility index (Phi) is 6.69. The first kappa shape index (κ1) is 15.5. The molecule has 1 rings (SSSR count). The third-order valence-corrected chi connectivity index (χ3v) is 4.18. The summed E-state index contributed by atoms with van der Waals surface area (Å²) in [7, 11) is 0. The highest BCUT2D eigenvalue weighted by molar-refractivity contribution is 5.78. The van der Waals surface area contributed by atoms with Crippen LogP contribution in [0, 0.1) is 17.8 Å². The van der Waals surface area contributed by atoms with Crippen LogP contribution in [-0.2, 0) is 4.79 Å². The maximum atomic E-state index is 12.1. The average Bonchev–Trinajstić information content (AvgIpc) is 2.80. The highest BCUT2D eigenvalue weighted by Crippen LogP contribution is 2.30. The molecule has 2 unspecified atom stereocenters. The van der Waals surface area contributed by atoms with Crippen LogP contribution in [0.15, 0.2) is 0 Å². The van der Waals surface area contributed by atoms with Crippen LogP contribution < -0.4 is 5.32 Å². The van der Waals surface area contributed by atoms with Crippen molar-refractivity contribution in [1.29, 1.82) is 0 Å². The minimum absolute atomic E-state index is 0.105. The summed E-state index contributed by atoms with van der Waals surface area (Å²) in [5, 5.41) is 12.1. The number of amides is 1. The zero-order chi connectivity index (χ0) is 13.5. The van der Waals surface area contributed by atoms with Crippen molar-refractivity contribution in [3.05, 3.63) is 0 Å². The molecule has 1 saturated carbocycles. The number of rotatable bonds is 7. The standard InChI is InChI=1S/C15H29NO2/c1-11(2)14(8-9-17)16-15(18)12(3)10-13-6-4-5-7-13/h11-14,17H,4-10H2,1-3H3,(H,16,18). The van der Waals surface area contributed by atoms with Crippen LogP contribution in [0.4, 0.5) is 0 Å². The van der Waals surface area contributed by atoms with Gasteiger partial charge in [-0.05, 0) is 24.7 Å². The summed E-state index contributed by atoms with van der Waals surface area (Å²) in [5.41, 5.74) is 0. The van der Waals surface area contributed by atoms with Crippen molar-refractivity contribution in [3.8, 4) is 0 Å². The fraction of sp³-hybridized carbons (Fsp3) is 0.933. The Balaban J connectivity index is 2.36. The number of carbonyl (C=O) groups excluding carboxylic acids is 1. The molecule has 0 bridgehead atoms. The Hall–Kier alpha value is -0.570. The molecule has 0 aromatic heterocycles. The first-order valence-corrected chi connectivity index (χ1v) is 7.45. The number of hydrogen-bond donors (Lipinski definition) is 2. The van der Waals surface area contributed by atoms with Crippen molar-refractivity contribution in [3.63, 3.8) is 0 Å². The van der Waals surface area contributed by atoms with Crippen LogP contribution in [0.25, 0.3) is 0 Å². The molecule has 2 atom stereocenters. The van der Waals surface area contributed by atoms with Gasteiger partial charge in [-0.1, -0.05) is 46.5 Å². The SMILES string of the molecule is CC(CC1CCCC1)C(=O)NC(CCO)C(C)C. The van der Waals surface area contributed by atoms with E-state index in [0.717, 1.165) is 12.3 Å². The molecule has 0 aromatic rings. The molecular weight excluding hydrogens is 226 g/mol. The molecule has 0 aromatic carbocycles. The summed E-state index contributed by atoms with van der Waals surface area (Å²) in [6.07, 6.45) is 6.93. The van der Waals surface area contributed by atoms with Crippen LogP contribution in [0.1, 0.15) is 59.3 Å². The van der Waals surface area contributed by atoms with E-state index in [9.17, 15) is 4.79 Å². The monoisotopic (exact) mass is 255 g/mol. The fourth-order valence-electron chi connectivity index (χ4n) is 2.89. The van der Waals surface area contributed by atoms with Gasteiger partial charge in [-0.25, -0.2) is 0 Å². The quantitative estimate of drug-likeness (QED) is 0.735. The molecular formula is C15H29NO2. The van der Waals surface area contributed by atoms with Crippen molar-refractivity contribution in [2.75, 3.05) is 6.61 Å². The van der Waals surface area contributed by atoms with Crippen molar-refractivity contribution < 1.29 is 9.90 Å². The Labute approximate surface area is 111 Å². The van der Waals surface area contributed by atoms with Gasteiger partial charge in [0.25, 0.3) is 0 Å². The largest absolute Gasteiger partial charge is 0.396 e. The first-order valence-electron chi connectivity index (χ1n) is 7.45. The lowest BCUT2D eigenvalue weighted by Gasteiger charge is -2.24. The van der Waals surface area contributed by atoms with E-state index < -0.39 is 0 Å². The lowest BCUT2D eigenvalue weighted by molar-refractivity contribution is -0.126. The topological polar surface area (TPSA) is 49.3 Å². The van der Waals surface area contributed by atoms with Crippen molar-refractivity contribution in [1.82, 2.24) is 5.32 Å². The van der Waals surface area contributed by atoms with E-state index in [-0.39, 0.29) is 24.5 Å². The Morgan fingerprint density at radius 3 is 2.39 bits per heavy atom. The van der Waals surface area contributed by atoms with Crippen molar-refractivity contribution >= 4 is 5.91 Å². The van der Waals surface area contributed by atoms with Gasteiger partial charge in [-0.2, -0.15) is 0 Å². The van der Waals surface area contributed by atoms with Gasteiger partial charge < -0.3 is 10.4 Å². The molecule has 3 heteroatoms. The van der Waals surface area contributed by atoms with Crippen molar-refractivity contribution in [2.24, 2.45) is 17.8 Å². The molecule has 0 radical (unpaired) electrons. The molecule has 106 valence electrons. The maximum Gasteiger partial charge on any atom is 0.223 e. The lowest BCUT2D eigenvalue weighted by Crippen LogP contribution is -2.42. The number of hydrogen-bond acceptors (Lipinski definition) is 2. The van der Waals surface area contributed by atoms with Gasteiger partial charge in [-0.3, -0.25) is 4.79 Å². The third-order valence-electron chi connectivity index (χ3n) is 4.18. The van der Waals surface area contributed by atoms with E-state index >= 15 is 0 Å².